The van der Waals surface area contributed by atoms with Crippen molar-refractivity contribution >= 4 is 27.0 Å². The van der Waals surface area contributed by atoms with Gasteiger partial charge >= 0.3 is 0 Å². The van der Waals surface area contributed by atoms with Crippen molar-refractivity contribution in [1.29, 1.82) is 0 Å². The van der Waals surface area contributed by atoms with Crippen molar-refractivity contribution < 1.29 is 9.52 Å². The number of benzene rings is 1. The topological polar surface area (TPSA) is 63.3 Å². The zero-order valence-corrected chi connectivity index (χ0v) is 11.2. The zero-order chi connectivity index (χ0) is 13.4. The van der Waals surface area contributed by atoms with Crippen LogP contribution in [0.1, 0.15) is 0 Å². The molecule has 0 radical (unpaired) electrons. The Balaban J connectivity index is 2.36. The Kier molecular flexibility index (Phi) is 2.83. The highest BCUT2D eigenvalue weighted by Crippen LogP contribution is 2.31. The molecule has 0 bridgehead atoms. The maximum atomic E-state index is 12.0. The summed E-state index contributed by atoms with van der Waals surface area (Å²) in [4.78, 5) is 16.0. The molecule has 2 aromatic heterocycles. The Bertz CT molecular complexity index is 821. The van der Waals surface area contributed by atoms with E-state index in [1.807, 2.05) is 0 Å². The average molecular weight is 318 g/mol. The van der Waals surface area contributed by atoms with Crippen LogP contribution < -0.4 is 5.43 Å². The fraction of sp³-hybridized carbons (Fsp3) is 0. The molecule has 3 aromatic rings. The quantitative estimate of drug-likeness (QED) is 0.747. The number of rotatable bonds is 1. The van der Waals surface area contributed by atoms with E-state index in [2.05, 4.69) is 20.9 Å². The second-order valence-corrected chi connectivity index (χ2v) is 4.84. The fourth-order valence-corrected chi connectivity index (χ4v) is 2.31. The van der Waals surface area contributed by atoms with Crippen molar-refractivity contribution in [1.82, 2.24) is 4.98 Å². The van der Waals surface area contributed by atoms with Crippen molar-refractivity contribution in [3.05, 3.63) is 57.5 Å². The zero-order valence-electron chi connectivity index (χ0n) is 9.63. The Hall–Kier alpha value is -2.14. The van der Waals surface area contributed by atoms with Gasteiger partial charge < -0.3 is 9.52 Å². The van der Waals surface area contributed by atoms with Gasteiger partial charge in [-0.05, 0) is 45.3 Å². The van der Waals surface area contributed by atoms with E-state index in [1.165, 1.54) is 12.3 Å². The SMILES string of the molecule is O=c1ccoc2nccc(-c3ccc(O)c(Br)c3)c12. The Morgan fingerprint density at radius 3 is 2.84 bits per heavy atom. The number of nitrogens with zero attached hydrogens (tertiary/aromatic N) is 1. The second kappa shape index (κ2) is 4.51. The van der Waals surface area contributed by atoms with E-state index in [4.69, 9.17) is 4.42 Å². The van der Waals surface area contributed by atoms with Gasteiger partial charge in [0.1, 0.15) is 5.75 Å². The van der Waals surface area contributed by atoms with Crippen LogP contribution in [0.3, 0.4) is 0 Å². The minimum Gasteiger partial charge on any atom is -0.507 e. The molecular formula is C14H8BrNO3. The molecule has 0 atom stereocenters. The number of phenols is 1. The highest BCUT2D eigenvalue weighted by molar-refractivity contribution is 9.10. The van der Waals surface area contributed by atoms with E-state index >= 15 is 0 Å². The molecule has 1 aromatic carbocycles. The first kappa shape index (κ1) is 11.9. The van der Waals surface area contributed by atoms with Gasteiger partial charge in [-0.25, -0.2) is 4.98 Å². The molecule has 1 N–H and O–H groups in total. The summed E-state index contributed by atoms with van der Waals surface area (Å²) in [6, 6.07) is 8.16. The van der Waals surface area contributed by atoms with Crippen LogP contribution in [0.2, 0.25) is 0 Å². The predicted octanol–water partition coefficient (Wildman–Crippen LogP) is 3.32. The third-order valence-electron chi connectivity index (χ3n) is 2.82. The first-order chi connectivity index (χ1) is 9.16. The Morgan fingerprint density at radius 2 is 2.05 bits per heavy atom. The van der Waals surface area contributed by atoms with Gasteiger partial charge in [-0.3, -0.25) is 4.79 Å². The van der Waals surface area contributed by atoms with Crippen LogP contribution in [0.4, 0.5) is 0 Å². The monoisotopic (exact) mass is 317 g/mol. The molecule has 0 unspecified atom stereocenters. The van der Waals surface area contributed by atoms with E-state index in [1.54, 1.807) is 30.5 Å². The number of halogens is 1. The van der Waals surface area contributed by atoms with E-state index < -0.39 is 0 Å². The van der Waals surface area contributed by atoms with Crippen LogP contribution in [-0.4, -0.2) is 10.1 Å². The maximum Gasteiger partial charge on any atom is 0.230 e. The van der Waals surface area contributed by atoms with Gasteiger partial charge in [0.05, 0.1) is 16.1 Å². The van der Waals surface area contributed by atoms with Gasteiger partial charge in [0.15, 0.2) is 5.43 Å². The molecule has 94 valence electrons. The van der Waals surface area contributed by atoms with Crippen molar-refractivity contribution in [2.45, 2.75) is 0 Å². The lowest BCUT2D eigenvalue weighted by atomic mass is 10.0. The number of pyridine rings is 1. The van der Waals surface area contributed by atoms with Gasteiger partial charge in [0, 0.05) is 12.3 Å². The van der Waals surface area contributed by atoms with E-state index in [-0.39, 0.29) is 11.2 Å². The maximum absolute atomic E-state index is 12.0. The number of fused-ring (bicyclic) bond motifs is 1. The summed E-state index contributed by atoms with van der Waals surface area (Å²) in [6.07, 6.45) is 2.91. The highest BCUT2D eigenvalue weighted by atomic mass is 79.9. The van der Waals surface area contributed by atoms with Crippen LogP contribution in [0.25, 0.3) is 22.2 Å². The van der Waals surface area contributed by atoms with Crippen LogP contribution in [0.5, 0.6) is 5.75 Å². The summed E-state index contributed by atoms with van der Waals surface area (Å²) >= 11 is 3.26. The average Bonchev–Trinajstić information content (AvgIpc) is 2.42. The smallest absolute Gasteiger partial charge is 0.230 e. The lowest BCUT2D eigenvalue weighted by molar-refractivity contribution is 0.472. The van der Waals surface area contributed by atoms with Gasteiger partial charge in [0.25, 0.3) is 0 Å². The molecule has 0 aliphatic rings. The molecule has 3 rings (SSSR count). The number of aromatic hydroxyl groups is 1. The largest absolute Gasteiger partial charge is 0.507 e. The van der Waals surface area contributed by atoms with Crippen molar-refractivity contribution in [2.75, 3.05) is 0 Å². The van der Waals surface area contributed by atoms with E-state index in [0.717, 1.165) is 11.1 Å². The summed E-state index contributed by atoms with van der Waals surface area (Å²) in [7, 11) is 0. The molecule has 4 nitrogen and oxygen atoms in total. The van der Waals surface area contributed by atoms with Crippen molar-refractivity contribution in [3.8, 4) is 16.9 Å². The lowest BCUT2D eigenvalue weighted by Gasteiger charge is -2.06. The van der Waals surface area contributed by atoms with Crippen LogP contribution in [0.15, 0.2) is 56.5 Å². The predicted molar refractivity (Wildman–Crippen MR) is 75.1 cm³/mol. The summed E-state index contributed by atoms with van der Waals surface area (Å²) in [5.74, 6) is 0.147. The molecule has 0 fully saturated rings. The molecule has 0 spiro atoms. The molecule has 0 saturated carbocycles. The summed E-state index contributed by atoms with van der Waals surface area (Å²) in [5.41, 5.74) is 1.68. The number of aromatic nitrogens is 1. The van der Waals surface area contributed by atoms with Gasteiger partial charge in [-0.2, -0.15) is 0 Å². The molecule has 19 heavy (non-hydrogen) atoms. The van der Waals surface area contributed by atoms with Crippen LogP contribution >= 0.6 is 15.9 Å². The van der Waals surface area contributed by atoms with Crippen LogP contribution in [0, 0.1) is 0 Å². The minimum atomic E-state index is -0.145. The fourth-order valence-electron chi connectivity index (χ4n) is 1.93. The first-order valence-corrected chi connectivity index (χ1v) is 6.31. The Morgan fingerprint density at radius 1 is 1.21 bits per heavy atom. The van der Waals surface area contributed by atoms with Crippen molar-refractivity contribution in [3.63, 3.8) is 0 Å². The van der Waals surface area contributed by atoms with E-state index in [0.29, 0.717) is 15.6 Å². The summed E-state index contributed by atoms with van der Waals surface area (Å²) in [6.45, 7) is 0. The molecule has 0 aliphatic heterocycles. The number of hydrogen-bond donors (Lipinski definition) is 1. The number of phenolic OH excluding ortho intramolecular Hbond substituents is 1. The molecule has 0 amide bonds. The summed E-state index contributed by atoms with van der Waals surface area (Å²) in [5, 5.41) is 9.95. The number of hydrogen-bond acceptors (Lipinski definition) is 4. The Labute approximate surface area is 116 Å². The molecule has 0 saturated heterocycles. The normalized spacial score (nSPS) is 10.8. The van der Waals surface area contributed by atoms with Crippen molar-refractivity contribution in [2.24, 2.45) is 0 Å². The standard InChI is InChI=1S/C14H8BrNO3/c15-10-7-8(1-2-11(10)17)9-3-5-16-14-13(9)12(18)4-6-19-14/h1-7,17H. The second-order valence-electron chi connectivity index (χ2n) is 3.99. The lowest BCUT2D eigenvalue weighted by Crippen LogP contribution is -2.01. The summed E-state index contributed by atoms with van der Waals surface area (Å²) < 4.78 is 5.80. The van der Waals surface area contributed by atoms with Gasteiger partial charge in [0.2, 0.25) is 5.71 Å². The van der Waals surface area contributed by atoms with Gasteiger partial charge in [-0.1, -0.05) is 6.07 Å². The highest BCUT2D eigenvalue weighted by Gasteiger charge is 2.10. The molecule has 0 aliphatic carbocycles. The third-order valence-corrected chi connectivity index (χ3v) is 3.46. The first-order valence-electron chi connectivity index (χ1n) is 5.52. The minimum absolute atomic E-state index is 0.145. The molecule has 2 heterocycles. The van der Waals surface area contributed by atoms with Crippen LogP contribution in [-0.2, 0) is 0 Å². The molecule has 5 heteroatoms. The van der Waals surface area contributed by atoms with Gasteiger partial charge in [-0.15, -0.1) is 0 Å². The third kappa shape index (κ3) is 2.02. The van der Waals surface area contributed by atoms with E-state index in [9.17, 15) is 9.90 Å². The molecular weight excluding hydrogens is 310 g/mol.